The minimum atomic E-state index is 0.557. The van der Waals surface area contributed by atoms with Gasteiger partial charge in [-0.15, -0.1) is 0 Å². The maximum absolute atomic E-state index is 5.80. The summed E-state index contributed by atoms with van der Waals surface area (Å²) >= 11 is 0. The van der Waals surface area contributed by atoms with Gasteiger partial charge >= 0.3 is 0 Å². The number of aryl methyl sites for hydroxylation is 2. The highest BCUT2D eigenvalue weighted by Crippen LogP contribution is 2.28. The molecule has 0 bridgehead atoms. The Balaban J connectivity index is 2.68. The van der Waals surface area contributed by atoms with Gasteiger partial charge in [0.15, 0.2) is 5.65 Å². The first-order chi connectivity index (χ1) is 7.20. The Bertz CT molecular complexity index is 660. The van der Waals surface area contributed by atoms with Crippen LogP contribution in [0.2, 0.25) is 0 Å². The van der Waals surface area contributed by atoms with E-state index in [1.54, 1.807) is 0 Å². The second-order valence-electron chi connectivity index (χ2n) is 3.78. The van der Waals surface area contributed by atoms with E-state index in [9.17, 15) is 0 Å². The smallest absolute Gasteiger partial charge is 0.202 e. The van der Waals surface area contributed by atoms with Gasteiger partial charge in [0.1, 0.15) is 0 Å². The molecule has 0 saturated carbocycles. The molecule has 15 heavy (non-hydrogen) atoms. The summed E-state index contributed by atoms with van der Waals surface area (Å²) in [4.78, 5) is 4.35. The number of hydrogen-bond acceptors (Lipinski definition) is 2. The molecule has 0 aliphatic rings. The second-order valence-corrected chi connectivity index (χ2v) is 3.78. The SMILES string of the molecule is Cn1c(N)nc2c1c1ccccc1n2C. The zero-order valence-electron chi connectivity index (χ0n) is 8.73. The first-order valence-corrected chi connectivity index (χ1v) is 4.85. The van der Waals surface area contributed by atoms with E-state index in [4.69, 9.17) is 5.73 Å². The molecule has 0 amide bonds. The van der Waals surface area contributed by atoms with E-state index in [2.05, 4.69) is 21.7 Å². The Morgan fingerprint density at radius 2 is 1.87 bits per heavy atom. The van der Waals surface area contributed by atoms with Crippen molar-refractivity contribution in [2.45, 2.75) is 0 Å². The molecule has 4 heteroatoms. The molecule has 1 aromatic carbocycles. The third-order valence-corrected chi connectivity index (χ3v) is 2.95. The van der Waals surface area contributed by atoms with Crippen LogP contribution in [-0.2, 0) is 14.1 Å². The molecule has 2 aromatic heterocycles. The molecule has 2 N–H and O–H groups in total. The molecule has 0 saturated heterocycles. The van der Waals surface area contributed by atoms with E-state index < -0.39 is 0 Å². The van der Waals surface area contributed by atoms with Crippen LogP contribution in [0.4, 0.5) is 5.95 Å². The van der Waals surface area contributed by atoms with Crippen molar-refractivity contribution >= 4 is 28.0 Å². The number of para-hydroxylation sites is 1. The molecule has 2 heterocycles. The lowest BCUT2D eigenvalue weighted by molar-refractivity contribution is 0.965. The molecule has 0 unspecified atom stereocenters. The Labute approximate surface area is 86.9 Å². The molecule has 3 rings (SSSR count). The van der Waals surface area contributed by atoms with Crippen molar-refractivity contribution in [2.24, 2.45) is 14.1 Å². The molecule has 0 aliphatic heterocycles. The summed E-state index contributed by atoms with van der Waals surface area (Å²) in [6.45, 7) is 0. The minimum absolute atomic E-state index is 0.557. The number of benzene rings is 1. The highest BCUT2D eigenvalue weighted by Gasteiger charge is 2.13. The maximum atomic E-state index is 5.80. The molecular weight excluding hydrogens is 188 g/mol. The van der Waals surface area contributed by atoms with Crippen LogP contribution in [0.5, 0.6) is 0 Å². The average molecular weight is 200 g/mol. The second kappa shape index (κ2) is 2.53. The fourth-order valence-corrected chi connectivity index (χ4v) is 2.12. The van der Waals surface area contributed by atoms with Gasteiger partial charge in [0.05, 0.1) is 11.0 Å². The molecule has 0 aliphatic carbocycles. The summed E-state index contributed by atoms with van der Waals surface area (Å²) in [5.41, 5.74) is 9.02. The lowest BCUT2D eigenvalue weighted by Crippen LogP contribution is -1.96. The normalized spacial score (nSPS) is 11.6. The van der Waals surface area contributed by atoms with Crippen molar-refractivity contribution in [3.8, 4) is 0 Å². The number of anilines is 1. The Morgan fingerprint density at radius 1 is 1.13 bits per heavy atom. The van der Waals surface area contributed by atoms with E-state index in [-0.39, 0.29) is 0 Å². The third kappa shape index (κ3) is 0.883. The van der Waals surface area contributed by atoms with Gasteiger partial charge in [0.2, 0.25) is 5.95 Å². The van der Waals surface area contributed by atoms with Crippen LogP contribution in [0.15, 0.2) is 24.3 Å². The topological polar surface area (TPSA) is 48.8 Å². The van der Waals surface area contributed by atoms with Gasteiger partial charge in [-0.05, 0) is 6.07 Å². The van der Waals surface area contributed by atoms with E-state index in [0.29, 0.717) is 5.95 Å². The van der Waals surface area contributed by atoms with Gasteiger partial charge in [0.25, 0.3) is 0 Å². The summed E-state index contributed by atoms with van der Waals surface area (Å²) in [5, 5.41) is 1.20. The predicted octanol–water partition coefficient (Wildman–Crippen LogP) is 1.65. The van der Waals surface area contributed by atoms with Crippen LogP contribution in [0, 0.1) is 0 Å². The monoisotopic (exact) mass is 200 g/mol. The summed E-state index contributed by atoms with van der Waals surface area (Å²) in [6.07, 6.45) is 0. The molecule has 76 valence electrons. The zero-order valence-corrected chi connectivity index (χ0v) is 8.73. The summed E-state index contributed by atoms with van der Waals surface area (Å²) < 4.78 is 4.00. The number of rotatable bonds is 0. The van der Waals surface area contributed by atoms with Crippen molar-refractivity contribution < 1.29 is 0 Å². The van der Waals surface area contributed by atoms with Crippen LogP contribution in [0.3, 0.4) is 0 Å². The first-order valence-electron chi connectivity index (χ1n) is 4.85. The van der Waals surface area contributed by atoms with Crippen molar-refractivity contribution in [1.29, 1.82) is 0 Å². The number of hydrogen-bond donors (Lipinski definition) is 1. The molecule has 3 aromatic rings. The predicted molar refractivity (Wildman–Crippen MR) is 61.6 cm³/mol. The van der Waals surface area contributed by atoms with E-state index >= 15 is 0 Å². The maximum Gasteiger partial charge on any atom is 0.202 e. The van der Waals surface area contributed by atoms with E-state index in [1.165, 1.54) is 10.9 Å². The van der Waals surface area contributed by atoms with Crippen LogP contribution < -0.4 is 5.73 Å². The molecule has 4 nitrogen and oxygen atoms in total. The Kier molecular flexibility index (Phi) is 1.41. The summed E-state index contributed by atoms with van der Waals surface area (Å²) in [6, 6.07) is 8.25. The van der Waals surface area contributed by atoms with Crippen molar-refractivity contribution in [3.63, 3.8) is 0 Å². The van der Waals surface area contributed by atoms with Crippen LogP contribution in [0.1, 0.15) is 0 Å². The third-order valence-electron chi connectivity index (χ3n) is 2.95. The summed E-state index contributed by atoms with van der Waals surface area (Å²) in [7, 11) is 3.95. The molecule has 0 atom stereocenters. The van der Waals surface area contributed by atoms with Crippen molar-refractivity contribution in [1.82, 2.24) is 14.1 Å². The fourth-order valence-electron chi connectivity index (χ4n) is 2.12. The van der Waals surface area contributed by atoms with E-state index in [1.807, 2.05) is 30.8 Å². The Hall–Kier alpha value is -1.97. The number of nitrogens with zero attached hydrogens (tertiary/aromatic N) is 3. The van der Waals surface area contributed by atoms with Crippen LogP contribution in [0.25, 0.3) is 22.1 Å². The van der Waals surface area contributed by atoms with E-state index in [0.717, 1.165) is 11.2 Å². The number of nitrogen functional groups attached to an aromatic ring is 1. The molecule has 0 spiro atoms. The van der Waals surface area contributed by atoms with Crippen LogP contribution >= 0.6 is 0 Å². The number of aromatic nitrogens is 3. The lowest BCUT2D eigenvalue weighted by atomic mass is 10.2. The van der Waals surface area contributed by atoms with Gasteiger partial charge < -0.3 is 14.9 Å². The standard InChI is InChI=1S/C11H12N4/c1-14-8-6-4-3-5-7(8)9-10(14)13-11(12)15(9)2/h3-6H,1-2H3,(H2,12,13). The quantitative estimate of drug-likeness (QED) is 0.599. The molecular formula is C11H12N4. The minimum Gasteiger partial charge on any atom is -0.369 e. The first kappa shape index (κ1) is 8.35. The van der Waals surface area contributed by atoms with Crippen molar-refractivity contribution in [2.75, 3.05) is 5.73 Å². The van der Waals surface area contributed by atoms with Gasteiger partial charge in [-0.3, -0.25) is 0 Å². The van der Waals surface area contributed by atoms with Gasteiger partial charge in [0, 0.05) is 19.5 Å². The number of fused-ring (bicyclic) bond motifs is 3. The Morgan fingerprint density at radius 3 is 2.67 bits per heavy atom. The lowest BCUT2D eigenvalue weighted by Gasteiger charge is -1.97. The number of nitrogens with two attached hydrogens (primary N) is 1. The average Bonchev–Trinajstić information content (AvgIpc) is 2.68. The largest absolute Gasteiger partial charge is 0.369 e. The highest BCUT2D eigenvalue weighted by molar-refractivity contribution is 6.05. The van der Waals surface area contributed by atoms with Crippen LogP contribution in [-0.4, -0.2) is 14.1 Å². The highest BCUT2D eigenvalue weighted by atomic mass is 15.2. The molecule has 0 fully saturated rings. The molecule has 0 radical (unpaired) electrons. The summed E-state index contributed by atoms with van der Waals surface area (Å²) in [5.74, 6) is 0.557. The van der Waals surface area contributed by atoms with Crippen molar-refractivity contribution in [3.05, 3.63) is 24.3 Å². The fraction of sp³-hybridized carbons (Fsp3) is 0.182. The van der Waals surface area contributed by atoms with Gasteiger partial charge in [-0.2, -0.15) is 4.98 Å². The zero-order chi connectivity index (χ0) is 10.6. The van der Waals surface area contributed by atoms with Gasteiger partial charge in [-0.1, -0.05) is 18.2 Å². The van der Waals surface area contributed by atoms with Gasteiger partial charge in [-0.25, -0.2) is 0 Å². The number of imidazole rings is 1.